The van der Waals surface area contributed by atoms with Gasteiger partial charge in [-0.2, -0.15) is 0 Å². The van der Waals surface area contributed by atoms with Gasteiger partial charge < -0.3 is 19.1 Å². The van der Waals surface area contributed by atoms with Crippen molar-refractivity contribution in [3.8, 4) is 17.2 Å². The molecule has 0 aliphatic heterocycles. The number of ether oxygens (including phenoxy) is 3. The molecule has 1 amide bonds. The zero-order valence-electron chi connectivity index (χ0n) is 15.8. The Morgan fingerprint density at radius 2 is 1.70 bits per heavy atom. The fraction of sp³-hybridized carbons (Fsp3) is 0.381. The quantitative estimate of drug-likeness (QED) is 0.708. The van der Waals surface area contributed by atoms with Gasteiger partial charge in [-0.3, -0.25) is 4.79 Å². The fourth-order valence-electron chi connectivity index (χ4n) is 3.15. The molecule has 0 radical (unpaired) electrons. The van der Waals surface area contributed by atoms with Crippen LogP contribution in [0.2, 0.25) is 0 Å². The van der Waals surface area contributed by atoms with Crippen LogP contribution in [0.4, 0.5) is 4.39 Å². The molecule has 2 aromatic rings. The van der Waals surface area contributed by atoms with E-state index in [0.717, 1.165) is 18.4 Å². The number of hydrogen-bond donors (Lipinski definition) is 0. The van der Waals surface area contributed by atoms with E-state index < -0.39 is 5.82 Å². The Labute approximate surface area is 158 Å². The van der Waals surface area contributed by atoms with Crippen LogP contribution in [0.5, 0.6) is 17.2 Å². The number of hydrogen-bond acceptors (Lipinski definition) is 4. The lowest BCUT2D eigenvalue weighted by Crippen LogP contribution is -2.35. The number of carbonyl (C=O) groups excluding carboxylic acids is 1. The van der Waals surface area contributed by atoms with Gasteiger partial charge in [0, 0.05) is 12.6 Å². The summed E-state index contributed by atoms with van der Waals surface area (Å²) >= 11 is 0. The van der Waals surface area contributed by atoms with Crippen LogP contribution in [0, 0.1) is 5.82 Å². The van der Waals surface area contributed by atoms with Crippen molar-refractivity contribution in [1.29, 1.82) is 0 Å². The SMILES string of the molecule is COc1cc(CCN(C(=O)c2ccccc2F)C2CC2)cc(OC)c1OC. The molecule has 0 N–H and O–H groups in total. The average molecular weight is 373 g/mol. The van der Waals surface area contributed by atoms with E-state index in [1.807, 2.05) is 12.1 Å². The number of halogens is 1. The first-order valence-electron chi connectivity index (χ1n) is 8.93. The molecule has 0 unspecified atom stereocenters. The summed E-state index contributed by atoms with van der Waals surface area (Å²) < 4.78 is 30.1. The van der Waals surface area contributed by atoms with Crippen molar-refractivity contribution in [2.45, 2.75) is 25.3 Å². The fourth-order valence-corrected chi connectivity index (χ4v) is 3.15. The summed E-state index contributed by atoms with van der Waals surface area (Å²) in [4.78, 5) is 14.6. The number of nitrogens with zero attached hydrogens (tertiary/aromatic N) is 1. The molecule has 0 saturated heterocycles. The summed E-state index contributed by atoms with van der Waals surface area (Å²) in [6.07, 6.45) is 2.51. The third-order valence-corrected chi connectivity index (χ3v) is 4.72. The van der Waals surface area contributed by atoms with Crippen molar-refractivity contribution in [3.63, 3.8) is 0 Å². The third-order valence-electron chi connectivity index (χ3n) is 4.72. The van der Waals surface area contributed by atoms with Gasteiger partial charge in [0.05, 0.1) is 26.9 Å². The molecule has 2 aromatic carbocycles. The third kappa shape index (κ3) is 4.15. The average Bonchev–Trinajstić information content (AvgIpc) is 3.52. The van der Waals surface area contributed by atoms with Crippen LogP contribution < -0.4 is 14.2 Å². The maximum atomic E-state index is 14.0. The van der Waals surface area contributed by atoms with E-state index >= 15 is 0 Å². The maximum Gasteiger partial charge on any atom is 0.257 e. The summed E-state index contributed by atoms with van der Waals surface area (Å²) in [6, 6.07) is 10.0. The minimum absolute atomic E-state index is 0.120. The molecule has 0 bridgehead atoms. The summed E-state index contributed by atoms with van der Waals surface area (Å²) in [7, 11) is 4.69. The van der Waals surface area contributed by atoms with Crippen molar-refractivity contribution < 1.29 is 23.4 Å². The van der Waals surface area contributed by atoms with Crippen molar-refractivity contribution in [2.75, 3.05) is 27.9 Å². The highest BCUT2D eigenvalue weighted by Crippen LogP contribution is 2.38. The van der Waals surface area contributed by atoms with Gasteiger partial charge in [-0.05, 0) is 49.1 Å². The van der Waals surface area contributed by atoms with E-state index in [1.165, 1.54) is 12.1 Å². The van der Waals surface area contributed by atoms with E-state index in [0.29, 0.717) is 30.2 Å². The summed E-state index contributed by atoms with van der Waals surface area (Å²) in [5, 5.41) is 0. The molecule has 0 atom stereocenters. The minimum Gasteiger partial charge on any atom is -0.493 e. The van der Waals surface area contributed by atoms with E-state index in [1.54, 1.807) is 38.4 Å². The van der Waals surface area contributed by atoms with Crippen LogP contribution in [-0.2, 0) is 6.42 Å². The Bertz CT molecular complexity index is 795. The second kappa shape index (κ2) is 8.29. The van der Waals surface area contributed by atoms with Gasteiger partial charge in [-0.15, -0.1) is 0 Å². The molecule has 1 saturated carbocycles. The number of methoxy groups -OCH3 is 3. The monoisotopic (exact) mass is 373 g/mol. The lowest BCUT2D eigenvalue weighted by molar-refractivity contribution is 0.0740. The van der Waals surface area contributed by atoms with E-state index in [4.69, 9.17) is 14.2 Å². The number of rotatable bonds is 8. The molecule has 5 nitrogen and oxygen atoms in total. The Hall–Kier alpha value is -2.76. The topological polar surface area (TPSA) is 48.0 Å². The lowest BCUT2D eigenvalue weighted by atomic mass is 10.1. The van der Waals surface area contributed by atoms with E-state index in [-0.39, 0.29) is 17.5 Å². The first-order chi connectivity index (χ1) is 13.1. The first-order valence-corrected chi connectivity index (χ1v) is 8.93. The van der Waals surface area contributed by atoms with Gasteiger partial charge in [0.2, 0.25) is 5.75 Å². The second-order valence-corrected chi connectivity index (χ2v) is 6.49. The van der Waals surface area contributed by atoms with Gasteiger partial charge in [-0.1, -0.05) is 12.1 Å². The highest BCUT2D eigenvalue weighted by atomic mass is 19.1. The van der Waals surface area contributed by atoms with Crippen LogP contribution >= 0.6 is 0 Å². The van der Waals surface area contributed by atoms with Gasteiger partial charge in [0.25, 0.3) is 5.91 Å². The first kappa shape index (κ1) is 19.0. The largest absolute Gasteiger partial charge is 0.493 e. The summed E-state index contributed by atoms with van der Waals surface area (Å²) in [5.41, 5.74) is 1.07. The predicted octanol–water partition coefficient (Wildman–Crippen LogP) is 3.70. The molecular weight excluding hydrogens is 349 g/mol. The maximum absolute atomic E-state index is 14.0. The molecule has 1 fully saturated rings. The smallest absolute Gasteiger partial charge is 0.257 e. The molecule has 0 aromatic heterocycles. The van der Waals surface area contributed by atoms with Crippen LogP contribution in [0.15, 0.2) is 36.4 Å². The standard InChI is InChI=1S/C21H24FNO4/c1-25-18-12-14(13-19(26-2)20(18)27-3)10-11-23(15-8-9-15)21(24)16-6-4-5-7-17(16)22/h4-7,12-13,15H,8-11H2,1-3H3. The molecule has 1 aliphatic rings. The van der Waals surface area contributed by atoms with Gasteiger partial charge in [0.15, 0.2) is 11.5 Å². The predicted molar refractivity (Wildman–Crippen MR) is 100 cm³/mol. The molecular formula is C21H24FNO4. The van der Waals surface area contributed by atoms with Crippen molar-refractivity contribution >= 4 is 5.91 Å². The van der Waals surface area contributed by atoms with Gasteiger partial charge in [-0.25, -0.2) is 4.39 Å². The molecule has 3 rings (SSSR count). The Balaban J connectivity index is 1.79. The number of benzene rings is 2. The lowest BCUT2D eigenvalue weighted by Gasteiger charge is -2.23. The highest BCUT2D eigenvalue weighted by molar-refractivity contribution is 5.94. The van der Waals surface area contributed by atoms with E-state index in [9.17, 15) is 9.18 Å². The summed E-state index contributed by atoms with van der Waals surface area (Å²) in [6.45, 7) is 0.496. The zero-order chi connectivity index (χ0) is 19.4. The van der Waals surface area contributed by atoms with E-state index in [2.05, 4.69) is 0 Å². The van der Waals surface area contributed by atoms with Gasteiger partial charge in [0.1, 0.15) is 5.82 Å². The van der Waals surface area contributed by atoms with Gasteiger partial charge >= 0.3 is 0 Å². The number of amides is 1. The number of carbonyl (C=O) groups is 1. The molecule has 0 heterocycles. The molecule has 144 valence electrons. The Morgan fingerprint density at radius 1 is 1.07 bits per heavy atom. The highest BCUT2D eigenvalue weighted by Gasteiger charge is 2.33. The van der Waals surface area contributed by atoms with Crippen LogP contribution in [-0.4, -0.2) is 44.7 Å². The Kier molecular flexibility index (Phi) is 5.84. The summed E-state index contributed by atoms with van der Waals surface area (Å²) in [5.74, 6) is 0.935. The van der Waals surface area contributed by atoms with Crippen molar-refractivity contribution in [3.05, 3.63) is 53.3 Å². The molecule has 0 spiro atoms. The van der Waals surface area contributed by atoms with Crippen LogP contribution in [0.25, 0.3) is 0 Å². The molecule has 27 heavy (non-hydrogen) atoms. The molecule has 1 aliphatic carbocycles. The molecule has 6 heteroatoms. The van der Waals surface area contributed by atoms with Crippen molar-refractivity contribution in [2.24, 2.45) is 0 Å². The normalized spacial score (nSPS) is 13.2. The zero-order valence-corrected chi connectivity index (χ0v) is 15.8. The minimum atomic E-state index is -0.485. The Morgan fingerprint density at radius 3 is 2.22 bits per heavy atom. The second-order valence-electron chi connectivity index (χ2n) is 6.49. The van der Waals surface area contributed by atoms with Crippen LogP contribution in [0.3, 0.4) is 0 Å². The van der Waals surface area contributed by atoms with Crippen LogP contribution in [0.1, 0.15) is 28.8 Å². The van der Waals surface area contributed by atoms with Crippen molar-refractivity contribution in [1.82, 2.24) is 4.90 Å².